The van der Waals surface area contributed by atoms with Crippen LogP contribution in [-0.4, -0.2) is 46.5 Å². The van der Waals surface area contributed by atoms with Gasteiger partial charge in [0.1, 0.15) is 11.6 Å². The zero-order chi connectivity index (χ0) is 14.7. The van der Waals surface area contributed by atoms with Crippen LogP contribution in [0.2, 0.25) is 0 Å². The van der Waals surface area contributed by atoms with Crippen molar-refractivity contribution in [1.29, 1.82) is 0 Å². The second-order valence-corrected chi connectivity index (χ2v) is 4.88. The van der Waals surface area contributed by atoms with Gasteiger partial charge in [0.05, 0.1) is 13.2 Å². The van der Waals surface area contributed by atoms with Gasteiger partial charge in [-0.3, -0.25) is 0 Å². The molecule has 1 aliphatic heterocycles. The Balaban J connectivity index is 1.72. The van der Waals surface area contributed by atoms with Crippen LogP contribution in [0.1, 0.15) is 11.7 Å². The van der Waals surface area contributed by atoms with Gasteiger partial charge in [-0.15, -0.1) is 5.10 Å². The van der Waals surface area contributed by atoms with Crippen molar-refractivity contribution in [3.8, 4) is 5.88 Å². The zero-order valence-corrected chi connectivity index (χ0v) is 12.4. The number of aromatic nitrogens is 4. The second-order valence-electron chi connectivity index (χ2n) is 4.51. The van der Waals surface area contributed by atoms with Crippen LogP contribution in [0, 0.1) is 11.8 Å². The molecule has 3 rings (SSSR count). The summed E-state index contributed by atoms with van der Waals surface area (Å²) in [5.74, 6) is 2.35. The van der Waals surface area contributed by atoms with Crippen molar-refractivity contribution < 1.29 is 13.9 Å². The molecule has 2 aromatic rings. The molecule has 0 unspecified atom stereocenters. The van der Waals surface area contributed by atoms with Crippen molar-refractivity contribution in [3.05, 3.63) is 22.6 Å². The molecule has 0 radical (unpaired) electrons. The topological polar surface area (TPSA) is 89.3 Å². The van der Waals surface area contributed by atoms with Crippen LogP contribution in [0.4, 0.5) is 5.82 Å². The first kappa shape index (κ1) is 14.0. The predicted octanol–water partition coefficient (Wildman–Crippen LogP) is 1.25. The Labute approximate surface area is 126 Å². The van der Waals surface area contributed by atoms with Crippen molar-refractivity contribution in [3.63, 3.8) is 0 Å². The van der Waals surface area contributed by atoms with Crippen LogP contribution in [0.25, 0.3) is 0 Å². The standard InChI is InChI=1S/C12H15N5O3S/c1-8-13-9(17-2-4-18-5-3-17)6-10(14-8)19-7-11-15-16-12(21)20-11/h6H,2-5,7H2,1H3,(H,16,21). The van der Waals surface area contributed by atoms with Crippen LogP contribution >= 0.6 is 12.2 Å². The number of hydrogen-bond donors (Lipinski definition) is 1. The molecule has 21 heavy (non-hydrogen) atoms. The number of ether oxygens (including phenoxy) is 2. The van der Waals surface area contributed by atoms with E-state index in [-0.39, 0.29) is 11.4 Å². The molecule has 0 saturated carbocycles. The van der Waals surface area contributed by atoms with Crippen LogP contribution in [0.15, 0.2) is 10.5 Å². The van der Waals surface area contributed by atoms with Crippen molar-refractivity contribution in [1.82, 2.24) is 20.2 Å². The number of morpholine rings is 1. The molecule has 1 N–H and O–H groups in total. The molecular formula is C12H15N5O3S. The van der Waals surface area contributed by atoms with Crippen LogP contribution in [0.5, 0.6) is 5.88 Å². The normalized spacial score (nSPS) is 15.2. The first-order valence-electron chi connectivity index (χ1n) is 6.56. The Morgan fingerprint density at radius 3 is 2.90 bits per heavy atom. The van der Waals surface area contributed by atoms with Crippen molar-refractivity contribution in [2.75, 3.05) is 31.2 Å². The Kier molecular flexibility index (Phi) is 4.11. The molecule has 9 heteroatoms. The van der Waals surface area contributed by atoms with Gasteiger partial charge in [0.2, 0.25) is 5.88 Å². The molecule has 2 aromatic heterocycles. The monoisotopic (exact) mass is 309 g/mol. The minimum atomic E-state index is 0.159. The number of H-pyrrole nitrogens is 1. The van der Waals surface area contributed by atoms with Gasteiger partial charge in [-0.2, -0.15) is 4.98 Å². The van der Waals surface area contributed by atoms with Crippen molar-refractivity contribution >= 4 is 18.0 Å². The molecule has 0 spiro atoms. The molecular weight excluding hydrogens is 294 g/mol. The third-order valence-electron chi connectivity index (χ3n) is 2.96. The Morgan fingerprint density at radius 2 is 2.19 bits per heavy atom. The summed E-state index contributed by atoms with van der Waals surface area (Å²) in [7, 11) is 0. The third kappa shape index (κ3) is 3.56. The minimum absolute atomic E-state index is 0.159. The number of nitrogens with one attached hydrogen (secondary N) is 1. The van der Waals surface area contributed by atoms with E-state index in [0.29, 0.717) is 30.8 Å². The Morgan fingerprint density at radius 1 is 1.38 bits per heavy atom. The molecule has 1 saturated heterocycles. The fraction of sp³-hybridized carbons (Fsp3) is 0.500. The van der Waals surface area contributed by atoms with Gasteiger partial charge < -0.3 is 18.8 Å². The number of rotatable bonds is 4. The second kappa shape index (κ2) is 6.19. The average molecular weight is 309 g/mol. The van der Waals surface area contributed by atoms with E-state index in [9.17, 15) is 0 Å². The van der Waals surface area contributed by atoms with E-state index in [4.69, 9.17) is 26.1 Å². The summed E-state index contributed by atoms with van der Waals surface area (Å²) < 4.78 is 16.1. The van der Waals surface area contributed by atoms with Gasteiger partial charge >= 0.3 is 0 Å². The maximum atomic E-state index is 5.59. The fourth-order valence-electron chi connectivity index (χ4n) is 2.01. The molecule has 0 aliphatic carbocycles. The molecule has 1 aliphatic rings. The Hall–Kier alpha value is -2.00. The first-order valence-corrected chi connectivity index (χ1v) is 6.97. The smallest absolute Gasteiger partial charge is 0.284 e. The first-order chi connectivity index (χ1) is 10.2. The van der Waals surface area contributed by atoms with Crippen LogP contribution in [-0.2, 0) is 11.3 Å². The van der Waals surface area contributed by atoms with Crippen molar-refractivity contribution in [2.45, 2.75) is 13.5 Å². The average Bonchev–Trinajstić information content (AvgIpc) is 2.91. The Bertz CT molecular complexity index is 665. The van der Waals surface area contributed by atoms with Crippen LogP contribution < -0.4 is 9.64 Å². The summed E-state index contributed by atoms with van der Waals surface area (Å²) >= 11 is 4.81. The quantitative estimate of drug-likeness (QED) is 0.844. The van der Waals surface area contributed by atoms with Gasteiger partial charge in [0, 0.05) is 19.2 Å². The van der Waals surface area contributed by atoms with Crippen LogP contribution in [0.3, 0.4) is 0 Å². The molecule has 0 bridgehead atoms. The molecule has 112 valence electrons. The fourth-order valence-corrected chi connectivity index (χ4v) is 2.15. The van der Waals surface area contributed by atoms with Crippen molar-refractivity contribution in [2.24, 2.45) is 0 Å². The van der Waals surface area contributed by atoms with Gasteiger partial charge in [0.15, 0.2) is 6.61 Å². The lowest BCUT2D eigenvalue weighted by molar-refractivity contribution is 0.122. The maximum Gasteiger partial charge on any atom is 0.284 e. The SMILES string of the molecule is Cc1nc(OCc2n[nH]c(=S)o2)cc(N2CCOCC2)n1. The summed E-state index contributed by atoms with van der Waals surface area (Å²) in [6, 6.07) is 1.81. The van der Waals surface area contributed by atoms with E-state index in [1.165, 1.54) is 0 Å². The zero-order valence-electron chi connectivity index (χ0n) is 11.5. The predicted molar refractivity (Wildman–Crippen MR) is 75.8 cm³/mol. The van der Waals surface area contributed by atoms with E-state index in [2.05, 4.69) is 25.1 Å². The van der Waals surface area contributed by atoms with Gasteiger partial charge in [-0.1, -0.05) is 0 Å². The molecule has 0 amide bonds. The minimum Gasteiger partial charge on any atom is -0.467 e. The lowest BCUT2D eigenvalue weighted by atomic mass is 10.4. The van der Waals surface area contributed by atoms with E-state index in [1.807, 2.05) is 6.92 Å². The summed E-state index contributed by atoms with van der Waals surface area (Å²) in [5.41, 5.74) is 0. The van der Waals surface area contributed by atoms with Gasteiger partial charge in [0.25, 0.3) is 10.7 Å². The summed E-state index contributed by atoms with van der Waals surface area (Å²) in [6.07, 6.45) is 0. The highest BCUT2D eigenvalue weighted by molar-refractivity contribution is 7.71. The number of nitrogens with zero attached hydrogens (tertiary/aromatic N) is 4. The van der Waals surface area contributed by atoms with E-state index < -0.39 is 0 Å². The number of aromatic amines is 1. The highest BCUT2D eigenvalue weighted by Crippen LogP contribution is 2.19. The van der Waals surface area contributed by atoms with Gasteiger partial charge in [-0.05, 0) is 19.1 Å². The highest BCUT2D eigenvalue weighted by atomic mass is 32.1. The summed E-state index contributed by atoms with van der Waals surface area (Å²) in [5, 5.41) is 6.42. The number of aryl methyl sites for hydroxylation is 1. The van der Waals surface area contributed by atoms with E-state index >= 15 is 0 Å². The molecule has 1 fully saturated rings. The lowest BCUT2D eigenvalue weighted by Crippen LogP contribution is -2.36. The summed E-state index contributed by atoms with van der Waals surface area (Å²) in [6.45, 7) is 5.01. The van der Waals surface area contributed by atoms with E-state index in [1.54, 1.807) is 6.07 Å². The van der Waals surface area contributed by atoms with Gasteiger partial charge in [-0.25, -0.2) is 10.1 Å². The highest BCUT2D eigenvalue weighted by Gasteiger charge is 2.14. The number of anilines is 1. The molecule has 0 atom stereocenters. The van der Waals surface area contributed by atoms with E-state index in [0.717, 1.165) is 18.9 Å². The maximum absolute atomic E-state index is 5.59. The summed E-state index contributed by atoms with van der Waals surface area (Å²) in [4.78, 5) is 11.1. The molecule has 8 nitrogen and oxygen atoms in total. The third-order valence-corrected chi connectivity index (χ3v) is 3.14. The lowest BCUT2D eigenvalue weighted by Gasteiger charge is -2.28. The molecule has 3 heterocycles. The molecule has 0 aromatic carbocycles. The largest absolute Gasteiger partial charge is 0.467 e. The number of hydrogen-bond acceptors (Lipinski definition) is 8.